The summed E-state index contributed by atoms with van der Waals surface area (Å²) in [5.74, 6) is 1.02. The van der Waals surface area contributed by atoms with E-state index in [2.05, 4.69) is 48.4 Å². The topological polar surface area (TPSA) is 24.9 Å². The number of aryl methyl sites for hydroxylation is 2. The van der Waals surface area contributed by atoms with Crippen LogP contribution in [-0.2, 0) is 12.8 Å². The van der Waals surface area contributed by atoms with E-state index >= 15 is 0 Å². The molecule has 0 saturated heterocycles. The van der Waals surface area contributed by atoms with Gasteiger partial charge in [-0.05, 0) is 42.2 Å². The number of aromatic nitrogens is 1. The van der Waals surface area contributed by atoms with Gasteiger partial charge in [0.15, 0.2) is 0 Å². The number of fused-ring (bicyclic) bond motifs is 1. The fraction of sp³-hybridized carbons (Fsp3) is 0.400. The van der Waals surface area contributed by atoms with Crippen molar-refractivity contribution >= 4 is 16.7 Å². The lowest BCUT2D eigenvalue weighted by atomic mass is 10.0. The molecular weight excluding hydrogens is 208 g/mol. The molecule has 1 aromatic carbocycles. The minimum atomic E-state index is 1.02. The maximum absolute atomic E-state index is 4.68. The van der Waals surface area contributed by atoms with Crippen molar-refractivity contribution in [2.45, 2.75) is 33.1 Å². The van der Waals surface area contributed by atoms with Crippen LogP contribution in [0.4, 0.5) is 5.82 Å². The van der Waals surface area contributed by atoms with Crippen molar-refractivity contribution in [2.75, 3.05) is 12.4 Å². The van der Waals surface area contributed by atoms with E-state index in [1.807, 2.05) is 7.05 Å². The Morgan fingerprint density at radius 3 is 2.65 bits per heavy atom. The first-order valence-corrected chi connectivity index (χ1v) is 6.38. The second-order valence-corrected chi connectivity index (χ2v) is 4.38. The van der Waals surface area contributed by atoms with Crippen LogP contribution < -0.4 is 5.32 Å². The van der Waals surface area contributed by atoms with E-state index in [4.69, 9.17) is 0 Å². The van der Waals surface area contributed by atoms with Gasteiger partial charge in [-0.1, -0.05) is 26.3 Å². The molecule has 0 amide bonds. The Morgan fingerprint density at radius 2 is 2.00 bits per heavy atom. The van der Waals surface area contributed by atoms with Gasteiger partial charge in [0.1, 0.15) is 5.82 Å². The fourth-order valence-electron chi connectivity index (χ4n) is 2.17. The number of pyridine rings is 1. The number of nitrogens with one attached hydrogen (secondary N) is 1. The van der Waals surface area contributed by atoms with E-state index in [-0.39, 0.29) is 0 Å². The lowest BCUT2D eigenvalue weighted by molar-refractivity contribution is 0.918. The fourth-order valence-corrected chi connectivity index (χ4v) is 2.17. The van der Waals surface area contributed by atoms with Crippen LogP contribution in [-0.4, -0.2) is 12.0 Å². The van der Waals surface area contributed by atoms with Crippen molar-refractivity contribution in [3.8, 4) is 0 Å². The number of hydrogen-bond acceptors (Lipinski definition) is 2. The lowest BCUT2D eigenvalue weighted by Crippen LogP contribution is -1.99. The first kappa shape index (κ1) is 11.9. The third kappa shape index (κ3) is 2.41. The monoisotopic (exact) mass is 228 g/mol. The van der Waals surface area contributed by atoms with Gasteiger partial charge >= 0.3 is 0 Å². The molecule has 0 unspecified atom stereocenters. The molecule has 0 saturated carbocycles. The van der Waals surface area contributed by atoms with Crippen LogP contribution in [0.25, 0.3) is 10.9 Å². The van der Waals surface area contributed by atoms with Crippen molar-refractivity contribution < 1.29 is 0 Å². The molecule has 17 heavy (non-hydrogen) atoms. The van der Waals surface area contributed by atoms with Crippen LogP contribution in [0.5, 0.6) is 0 Å². The summed E-state index contributed by atoms with van der Waals surface area (Å²) in [5.41, 5.74) is 3.76. The van der Waals surface area contributed by atoms with Gasteiger partial charge in [-0.2, -0.15) is 0 Å². The molecule has 0 aliphatic heterocycles. The highest BCUT2D eigenvalue weighted by Gasteiger charge is 2.05. The quantitative estimate of drug-likeness (QED) is 0.861. The standard InChI is InChI=1S/C15H20N2/c1-4-6-12-10-13-9-11(5-2)7-8-14(13)17-15(12)16-3/h7-10H,4-6H2,1-3H3,(H,16,17). The van der Waals surface area contributed by atoms with E-state index in [9.17, 15) is 0 Å². The molecule has 0 spiro atoms. The molecule has 2 nitrogen and oxygen atoms in total. The molecule has 2 heteroatoms. The van der Waals surface area contributed by atoms with Crippen molar-refractivity contribution in [2.24, 2.45) is 0 Å². The van der Waals surface area contributed by atoms with Crippen LogP contribution in [0.2, 0.25) is 0 Å². The van der Waals surface area contributed by atoms with E-state index in [1.54, 1.807) is 0 Å². The Labute approximate surface area is 103 Å². The maximum atomic E-state index is 4.68. The third-order valence-electron chi connectivity index (χ3n) is 3.12. The molecule has 2 aromatic rings. The first-order valence-electron chi connectivity index (χ1n) is 6.38. The summed E-state index contributed by atoms with van der Waals surface area (Å²) in [6.07, 6.45) is 3.30. The van der Waals surface area contributed by atoms with Crippen LogP contribution in [0, 0.1) is 0 Å². The Kier molecular flexibility index (Phi) is 3.62. The molecule has 2 rings (SSSR count). The highest BCUT2D eigenvalue weighted by atomic mass is 15.0. The van der Waals surface area contributed by atoms with Crippen LogP contribution >= 0.6 is 0 Å². The molecule has 0 bridgehead atoms. The number of anilines is 1. The average molecular weight is 228 g/mol. The van der Waals surface area contributed by atoms with Crippen molar-refractivity contribution in [3.63, 3.8) is 0 Å². The Bertz CT molecular complexity index is 518. The summed E-state index contributed by atoms with van der Waals surface area (Å²) < 4.78 is 0. The summed E-state index contributed by atoms with van der Waals surface area (Å²) >= 11 is 0. The van der Waals surface area contributed by atoms with Gasteiger partial charge in [-0.25, -0.2) is 4.98 Å². The summed E-state index contributed by atoms with van der Waals surface area (Å²) in [6, 6.07) is 8.80. The number of nitrogens with zero attached hydrogens (tertiary/aromatic N) is 1. The minimum absolute atomic E-state index is 1.02. The van der Waals surface area contributed by atoms with E-state index < -0.39 is 0 Å². The third-order valence-corrected chi connectivity index (χ3v) is 3.12. The minimum Gasteiger partial charge on any atom is -0.373 e. The summed E-state index contributed by atoms with van der Waals surface area (Å²) in [5, 5.41) is 4.45. The smallest absolute Gasteiger partial charge is 0.129 e. The van der Waals surface area contributed by atoms with Crippen LogP contribution in [0.1, 0.15) is 31.4 Å². The molecular formula is C15H20N2. The van der Waals surface area contributed by atoms with Gasteiger partial charge in [0.05, 0.1) is 5.52 Å². The highest BCUT2D eigenvalue weighted by molar-refractivity contribution is 5.82. The van der Waals surface area contributed by atoms with Crippen molar-refractivity contribution in [1.29, 1.82) is 0 Å². The van der Waals surface area contributed by atoms with Gasteiger partial charge in [0.25, 0.3) is 0 Å². The average Bonchev–Trinajstić information content (AvgIpc) is 2.37. The molecule has 0 aliphatic carbocycles. The molecule has 1 aromatic heterocycles. The summed E-state index contributed by atoms with van der Waals surface area (Å²) in [4.78, 5) is 4.68. The van der Waals surface area contributed by atoms with Gasteiger partial charge in [-0.3, -0.25) is 0 Å². The second kappa shape index (κ2) is 5.17. The molecule has 0 radical (unpaired) electrons. The SMILES string of the molecule is CCCc1cc2cc(CC)ccc2nc1NC. The lowest BCUT2D eigenvalue weighted by Gasteiger charge is -2.10. The second-order valence-electron chi connectivity index (χ2n) is 4.38. The Hall–Kier alpha value is -1.57. The normalized spacial score (nSPS) is 10.8. The number of hydrogen-bond donors (Lipinski definition) is 1. The zero-order valence-electron chi connectivity index (χ0n) is 10.9. The zero-order valence-corrected chi connectivity index (χ0v) is 10.9. The largest absolute Gasteiger partial charge is 0.373 e. The number of benzene rings is 1. The van der Waals surface area contributed by atoms with Crippen molar-refractivity contribution in [1.82, 2.24) is 4.98 Å². The van der Waals surface area contributed by atoms with Gasteiger partial charge in [0, 0.05) is 12.4 Å². The predicted molar refractivity (Wildman–Crippen MR) is 74.7 cm³/mol. The summed E-state index contributed by atoms with van der Waals surface area (Å²) in [6.45, 7) is 4.38. The molecule has 1 heterocycles. The Balaban J connectivity index is 2.57. The van der Waals surface area contributed by atoms with Crippen LogP contribution in [0.15, 0.2) is 24.3 Å². The highest BCUT2D eigenvalue weighted by Crippen LogP contribution is 2.22. The van der Waals surface area contributed by atoms with Crippen LogP contribution in [0.3, 0.4) is 0 Å². The molecule has 90 valence electrons. The van der Waals surface area contributed by atoms with E-state index in [0.717, 1.165) is 30.6 Å². The Morgan fingerprint density at radius 1 is 1.18 bits per heavy atom. The molecule has 0 aliphatic rings. The van der Waals surface area contributed by atoms with Gasteiger partial charge < -0.3 is 5.32 Å². The predicted octanol–water partition coefficient (Wildman–Crippen LogP) is 3.79. The van der Waals surface area contributed by atoms with Gasteiger partial charge in [0.2, 0.25) is 0 Å². The zero-order chi connectivity index (χ0) is 12.3. The summed E-state index contributed by atoms with van der Waals surface area (Å²) in [7, 11) is 1.94. The first-order chi connectivity index (χ1) is 8.28. The van der Waals surface area contributed by atoms with E-state index in [0.29, 0.717) is 0 Å². The number of rotatable bonds is 4. The molecule has 0 atom stereocenters. The van der Waals surface area contributed by atoms with E-state index in [1.165, 1.54) is 16.5 Å². The van der Waals surface area contributed by atoms with Gasteiger partial charge in [-0.15, -0.1) is 0 Å². The maximum Gasteiger partial charge on any atom is 0.129 e. The molecule has 1 N–H and O–H groups in total. The molecule has 0 fully saturated rings. The van der Waals surface area contributed by atoms with Crippen molar-refractivity contribution in [3.05, 3.63) is 35.4 Å².